The van der Waals surface area contributed by atoms with E-state index in [2.05, 4.69) is 27.8 Å². The SMILES string of the molecule is CCc1ncc(Br)s1.Cl. The van der Waals surface area contributed by atoms with Gasteiger partial charge in [-0.15, -0.1) is 23.7 Å². The molecular formula is C5H7BrClNS. The smallest absolute Gasteiger partial charge is 0.0934 e. The lowest BCUT2D eigenvalue weighted by atomic mass is 10.5. The summed E-state index contributed by atoms with van der Waals surface area (Å²) in [5, 5.41) is 1.19. The summed E-state index contributed by atoms with van der Waals surface area (Å²) in [5.74, 6) is 0. The Kier molecular flexibility index (Phi) is 4.44. The number of aromatic nitrogens is 1. The largest absolute Gasteiger partial charge is 0.248 e. The van der Waals surface area contributed by atoms with Crippen LogP contribution < -0.4 is 0 Å². The number of hydrogen-bond acceptors (Lipinski definition) is 2. The first-order valence-corrected chi connectivity index (χ1v) is 4.04. The number of rotatable bonds is 1. The highest BCUT2D eigenvalue weighted by molar-refractivity contribution is 9.11. The molecule has 4 heteroatoms. The van der Waals surface area contributed by atoms with Crippen molar-refractivity contribution in [1.82, 2.24) is 4.98 Å². The van der Waals surface area contributed by atoms with Crippen LogP contribution in [0, 0.1) is 0 Å². The van der Waals surface area contributed by atoms with Crippen LogP contribution >= 0.6 is 39.7 Å². The highest BCUT2D eigenvalue weighted by Gasteiger charge is 1.92. The van der Waals surface area contributed by atoms with E-state index in [0.29, 0.717) is 0 Å². The van der Waals surface area contributed by atoms with Gasteiger partial charge in [0.2, 0.25) is 0 Å². The molecule has 0 bridgehead atoms. The van der Waals surface area contributed by atoms with Gasteiger partial charge in [-0.25, -0.2) is 4.98 Å². The summed E-state index contributed by atoms with van der Waals surface area (Å²) in [6.07, 6.45) is 2.87. The highest BCUT2D eigenvalue weighted by Crippen LogP contribution is 2.18. The molecule has 0 saturated carbocycles. The van der Waals surface area contributed by atoms with Crippen molar-refractivity contribution in [2.75, 3.05) is 0 Å². The van der Waals surface area contributed by atoms with Gasteiger partial charge in [-0.2, -0.15) is 0 Å². The minimum atomic E-state index is 0. The molecule has 0 radical (unpaired) electrons. The second-order valence-electron chi connectivity index (χ2n) is 1.41. The van der Waals surface area contributed by atoms with Gasteiger partial charge in [-0.05, 0) is 22.4 Å². The molecule has 1 rings (SSSR count). The summed E-state index contributed by atoms with van der Waals surface area (Å²) in [7, 11) is 0. The molecule has 0 aliphatic heterocycles. The number of aryl methyl sites for hydroxylation is 1. The molecule has 0 spiro atoms. The van der Waals surface area contributed by atoms with Gasteiger partial charge in [-0.1, -0.05) is 6.92 Å². The fraction of sp³-hybridized carbons (Fsp3) is 0.400. The van der Waals surface area contributed by atoms with Crippen molar-refractivity contribution in [3.8, 4) is 0 Å². The molecule has 0 unspecified atom stereocenters. The summed E-state index contributed by atoms with van der Waals surface area (Å²) >= 11 is 5.02. The molecule has 1 heterocycles. The number of hydrogen-bond donors (Lipinski definition) is 0. The fourth-order valence-electron chi connectivity index (χ4n) is 0.451. The lowest BCUT2D eigenvalue weighted by Crippen LogP contribution is -1.70. The zero-order valence-corrected chi connectivity index (χ0v) is 8.15. The maximum absolute atomic E-state index is 4.11. The van der Waals surface area contributed by atoms with E-state index in [0.717, 1.165) is 10.2 Å². The summed E-state index contributed by atoms with van der Waals surface area (Å²) < 4.78 is 1.12. The van der Waals surface area contributed by atoms with Crippen molar-refractivity contribution in [1.29, 1.82) is 0 Å². The van der Waals surface area contributed by atoms with Crippen molar-refractivity contribution in [3.05, 3.63) is 15.0 Å². The maximum atomic E-state index is 4.11. The van der Waals surface area contributed by atoms with Crippen molar-refractivity contribution < 1.29 is 0 Å². The van der Waals surface area contributed by atoms with Crippen LogP contribution in [0.25, 0.3) is 0 Å². The van der Waals surface area contributed by atoms with Crippen LogP contribution in [0.15, 0.2) is 9.98 Å². The average molecular weight is 229 g/mol. The van der Waals surface area contributed by atoms with Crippen molar-refractivity contribution in [2.45, 2.75) is 13.3 Å². The zero-order valence-electron chi connectivity index (χ0n) is 4.93. The minimum Gasteiger partial charge on any atom is -0.248 e. The van der Waals surface area contributed by atoms with Gasteiger partial charge >= 0.3 is 0 Å². The van der Waals surface area contributed by atoms with Crippen molar-refractivity contribution >= 4 is 39.7 Å². The number of halogens is 2. The van der Waals surface area contributed by atoms with Gasteiger partial charge in [0.15, 0.2) is 0 Å². The van der Waals surface area contributed by atoms with Crippen molar-refractivity contribution in [2.24, 2.45) is 0 Å². The summed E-state index contributed by atoms with van der Waals surface area (Å²) in [5.41, 5.74) is 0. The zero-order chi connectivity index (χ0) is 5.98. The first kappa shape index (κ1) is 9.40. The molecule has 0 aromatic carbocycles. The monoisotopic (exact) mass is 227 g/mol. The molecule has 0 atom stereocenters. The van der Waals surface area contributed by atoms with E-state index in [4.69, 9.17) is 0 Å². The van der Waals surface area contributed by atoms with Crippen LogP contribution in [0.4, 0.5) is 0 Å². The molecule has 0 aliphatic carbocycles. The van der Waals surface area contributed by atoms with Crippen LogP contribution in [0.5, 0.6) is 0 Å². The van der Waals surface area contributed by atoms with Gasteiger partial charge < -0.3 is 0 Å². The lowest BCUT2D eigenvalue weighted by Gasteiger charge is -1.77. The molecule has 0 amide bonds. The Morgan fingerprint density at radius 1 is 1.78 bits per heavy atom. The molecule has 0 saturated heterocycles. The Morgan fingerprint density at radius 2 is 2.44 bits per heavy atom. The standard InChI is InChI=1S/C5H6BrNS.ClH/c1-2-5-7-3-4(6)8-5;/h3H,2H2,1H3;1H. The highest BCUT2D eigenvalue weighted by atomic mass is 79.9. The van der Waals surface area contributed by atoms with Crippen LogP contribution in [0.1, 0.15) is 11.9 Å². The van der Waals surface area contributed by atoms with Crippen LogP contribution in [-0.2, 0) is 6.42 Å². The van der Waals surface area contributed by atoms with Gasteiger partial charge in [0.1, 0.15) is 0 Å². The second-order valence-corrected chi connectivity index (χ2v) is 3.91. The lowest BCUT2D eigenvalue weighted by molar-refractivity contribution is 1.09. The van der Waals surface area contributed by atoms with E-state index in [1.54, 1.807) is 11.3 Å². The van der Waals surface area contributed by atoms with Gasteiger partial charge in [-0.3, -0.25) is 0 Å². The van der Waals surface area contributed by atoms with E-state index < -0.39 is 0 Å². The third-order valence-corrected chi connectivity index (χ3v) is 2.45. The van der Waals surface area contributed by atoms with Gasteiger partial charge in [0, 0.05) is 0 Å². The predicted molar refractivity (Wildman–Crippen MR) is 46.4 cm³/mol. The number of thiazole rings is 1. The van der Waals surface area contributed by atoms with E-state index in [1.807, 2.05) is 6.20 Å². The molecule has 1 aromatic rings. The number of nitrogens with zero attached hydrogens (tertiary/aromatic N) is 1. The van der Waals surface area contributed by atoms with E-state index in [1.165, 1.54) is 5.01 Å². The minimum absolute atomic E-state index is 0. The Balaban J connectivity index is 0.000000640. The normalized spacial score (nSPS) is 8.67. The molecule has 0 N–H and O–H groups in total. The van der Waals surface area contributed by atoms with Crippen LogP contribution in [-0.4, -0.2) is 4.98 Å². The fourth-order valence-corrected chi connectivity index (χ4v) is 1.69. The molecule has 52 valence electrons. The molecule has 1 aromatic heterocycles. The summed E-state index contributed by atoms with van der Waals surface area (Å²) in [6.45, 7) is 2.10. The molecule has 0 aliphatic rings. The molecule has 9 heavy (non-hydrogen) atoms. The first-order chi connectivity index (χ1) is 3.83. The van der Waals surface area contributed by atoms with E-state index in [9.17, 15) is 0 Å². The summed E-state index contributed by atoms with van der Waals surface area (Å²) in [6, 6.07) is 0. The Morgan fingerprint density at radius 3 is 2.67 bits per heavy atom. The average Bonchev–Trinajstić information content (AvgIpc) is 2.14. The third-order valence-electron chi connectivity index (χ3n) is 0.828. The first-order valence-electron chi connectivity index (χ1n) is 2.43. The Labute approximate surface area is 73.0 Å². The quantitative estimate of drug-likeness (QED) is 0.720. The van der Waals surface area contributed by atoms with E-state index >= 15 is 0 Å². The predicted octanol–water partition coefficient (Wildman–Crippen LogP) is 2.89. The second kappa shape index (κ2) is 4.25. The van der Waals surface area contributed by atoms with Crippen molar-refractivity contribution in [3.63, 3.8) is 0 Å². The van der Waals surface area contributed by atoms with Gasteiger partial charge in [0.05, 0.1) is 15.0 Å². The molecule has 1 nitrogen and oxygen atoms in total. The van der Waals surface area contributed by atoms with Crippen LogP contribution in [0.3, 0.4) is 0 Å². The third kappa shape index (κ3) is 2.65. The Hall–Kier alpha value is 0.400. The van der Waals surface area contributed by atoms with E-state index in [-0.39, 0.29) is 12.4 Å². The van der Waals surface area contributed by atoms with Crippen LogP contribution in [0.2, 0.25) is 0 Å². The topological polar surface area (TPSA) is 12.9 Å². The Bertz CT molecular complexity index is 177. The molecular weight excluding hydrogens is 221 g/mol. The van der Waals surface area contributed by atoms with Gasteiger partial charge in [0.25, 0.3) is 0 Å². The maximum Gasteiger partial charge on any atom is 0.0934 e. The summed E-state index contributed by atoms with van der Waals surface area (Å²) in [4.78, 5) is 4.11. The molecule has 0 fully saturated rings.